The van der Waals surface area contributed by atoms with E-state index in [-0.39, 0.29) is 0 Å². The molecule has 0 radical (unpaired) electrons. The van der Waals surface area contributed by atoms with Crippen molar-refractivity contribution in [1.82, 2.24) is 0 Å². The van der Waals surface area contributed by atoms with E-state index in [0.29, 0.717) is 0 Å². The standard InChI is InChI=1S/C17H22N2O/c1-19(2)16-9-6-8-15(14-16)18-12-7-13-20-17-10-4-3-5-11-17/h3-6,8-11,14,18H,7,12-13H2,1-2H3. The Morgan fingerprint density at radius 1 is 1.00 bits per heavy atom. The van der Waals surface area contributed by atoms with Crippen LogP contribution in [0.25, 0.3) is 0 Å². The minimum Gasteiger partial charge on any atom is -0.494 e. The first-order valence-electron chi connectivity index (χ1n) is 6.95. The Kier molecular flexibility index (Phi) is 5.30. The minimum atomic E-state index is 0.727. The number of nitrogens with one attached hydrogen (secondary N) is 1. The zero-order valence-electron chi connectivity index (χ0n) is 12.2. The summed E-state index contributed by atoms with van der Waals surface area (Å²) in [6, 6.07) is 18.3. The Morgan fingerprint density at radius 2 is 1.80 bits per heavy atom. The summed E-state index contributed by atoms with van der Waals surface area (Å²) >= 11 is 0. The number of para-hydroxylation sites is 1. The maximum atomic E-state index is 5.66. The monoisotopic (exact) mass is 270 g/mol. The largest absolute Gasteiger partial charge is 0.494 e. The predicted molar refractivity (Wildman–Crippen MR) is 85.8 cm³/mol. The smallest absolute Gasteiger partial charge is 0.119 e. The summed E-state index contributed by atoms with van der Waals surface area (Å²) in [6.07, 6.45) is 0.973. The van der Waals surface area contributed by atoms with Gasteiger partial charge in [0, 0.05) is 32.0 Å². The van der Waals surface area contributed by atoms with Gasteiger partial charge in [0.2, 0.25) is 0 Å². The fourth-order valence-corrected chi connectivity index (χ4v) is 1.91. The third kappa shape index (κ3) is 4.50. The van der Waals surface area contributed by atoms with E-state index in [1.165, 1.54) is 5.69 Å². The number of hydrogen-bond donors (Lipinski definition) is 1. The Bertz CT molecular complexity index is 511. The Labute approximate surface area is 121 Å². The number of hydrogen-bond acceptors (Lipinski definition) is 3. The van der Waals surface area contributed by atoms with Crippen LogP contribution in [0.2, 0.25) is 0 Å². The highest BCUT2D eigenvalue weighted by atomic mass is 16.5. The number of benzene rings is 2. The van der Waals surface area contributed by atoms with Gasteiger partial charge in [0.25, 0.3) is 0 Å². The van der Waals surface area contributed by atoms with E-state index in [0.717, 1.165) is 31.0 Å². The number of anilines is 2. The van der Waals surface area contributed by atoms with E-state index in [1.807, 2.05) is 44.4 Å². The van der Waals surface area contributed by atoms with Crippen LogP contribution in [-0.2, 0) is 0 Å². The van der Waals surface area contributed by atoms with E-state index >= 15 is 0 Å². The number of rotatable bonds is 7. The summed E-state index contributed by atoms with van der Waals surface area (Å²) in [5.74, 6) is 0.933. The first-order valence-corrected chi connectivity index (χ1v) is 6.95. The zero-order chi connectivity index (χ0) is 14.2. The first kappa shape index (κ1) is 14.3. The van der Waals surface area contributed by atoms with E-state index in [4.69, 9.17) is 4.74 Å². The molecule has 2 rings (SSSR count). The average molecular weight is 270 g/mol. The van der Waals surface area contributed by atoms with Gasteiger partial charge in [0.1, 0.15) is 5.75 Å². The predicted octanol–water partition coefficient (Wildman–Crippen LogP) is 3.63. The van der Waals surface area contributed by atoms with Gasteiger partial charge in [-0.3, -0.25) is 0 Å². The van der Waals surface area contributed by atoms with Gasteiger partial charge < -0.3 is 15.0 Å². The van der Waals surface area contributed by atoms with Gasteiger partial charge in [-0.25, -0.2) is 0 Å². The van der Waals surface area contributed by atoms with Gasteiger partial charge in [0.15, 0.2) is 0 Å². The van der Waals surface area contributed by atoms with Crippen LogP contribution in [0.5, 0.6) is 5.75 Å². The molecule has 0 heterocycles. The molecule has 0 amide bonds. The second-order valence-electron chi connectivity index (χ2n) is 4.89. The maximum absolute atomic E-state index is 5.66. The van der Waals surface area contributed by atoms with E-state index < -0.39 is 0 Å². The van der Waals surface area contributed by atoms with Gasteiger partial charge in [0.05, 0.1) is 6.61 Å². The lowest BCUT2D eigenvalue weighted by atomic mass is 10.2. The van der Waals surface area contributed by atoms with Crippen LogP contribution in [-0.4, -0.2) is 27.2 Å². The lowest BCUT2D eigenvalue weighted by molar-refractivity contribution is 0.315. The molecule has 0 fully saturated rings. The summed E-state index contributed by atoms with van der Waals surface area (Å²) in [7, 11) is 4.10. The summed E-state index contributed by atoms with van der Waals surface area (Å²) in [5.41, 5.74) is 2.35. The molecule has 106 valence electrons. The van der Waals surface area contributed by atoms with Gasteiger partial charge in [-0.05, 0) is 36.8 Å². The van der Waals surface area contributed by atoms with Crippen LogP contribution in [0.3, 0.4) is 0 Å². The van der Waals surface area contributed by atoms with Crippen molar-refractivity contribution < 1.29 is 4.74 Å². The quantitative estimate of drug-likeness (QED) is 0.777. The normalized spacial score (nSPS) is 10.1. The molecule has 0 atom stereocenters. The van der Waals surface area contributed by atoms with E-state index in [9.17, 15) is 0 Å². The van der Waals surface area contributed by atoms with Crippen LogP contribution in [0.4, 0.5) is 11.4 Å². The van der Waals surface area contributed by atoms with Crippen LogP contribution in [0, 0.1) is 0 Å². The lowest BCUT2D eigenvalue weighted by Crippen LogP contribution is -2.10. The van der Waals surface area contributed by atoms with E-state index in [2.05, 4.69) is 34.5 Å². The maximum Gasteiger partial charge on any atom is 0.119 e. The first-order chi connectivity index (χ1) is 9.75. The van der Waals surface area contributed by atoms with Crippen LogP contribution < -0.4 is 15.0 Å². The molecule has 0 aromatic heterocycles. The van der Waals surface area contributed by atoms with Crippen LogP contribution in [0.15, 0.2) is 54.6 Å². The molecule has 0 bridgehead atoms. The second-order valence-corrected chi connectivity index (χ2v) is 4.89. The Morgan fingerprint density at radius 3 is 2.55 bits per heavy atom. The minimum absolute atomic E-state index is 0.727. The third-order valence-corrected chi connectivity index (χ3v) is 3.02. The Balaban J connectivity index is 1.69. The highest BCUT2D eigenvalue weighted by molar-refractivity contribution is 5.57. The van der Waals surface area contributed by atoms with Gasteiger partial charge >= 0.3 is 0 Å². The molecule has 0 aliphatic carbocycles. The molecule has 1 N–H and O–H groups in total. The summed E-state index contributed by atoms with van der Waals surface area (Å²) in [4.78, 5) is 2.10. The van der Waals surface area contributed by atoms with E-state index in [1.54, 1.807) is 0 Å². The molecule has 0 saturated heterocycles. The summed E-state index contributed by atoms with van der Waals surface area (Å²) < 4.78 is 5.66. The molecule has 0 unspecified atom stereocenters. The zero-order valence-corrected chi connectivity index (χ0v) is 12.2. The second kappa shape index (κ2) is 7.43. The SMILES string of the molecule is CN(C)c1cccc(NCCCOc2ccccc2)c1. The molecular formula is C17H22N2O. The molecule has 0 aliphatic rings. The average Bonchev–Trinajstić information content (AvgIpc) is 2.48. The highest BCUT2D eigenvalue weighted by Crippen LogP contribution is 2.17. The van der Waals surface area contributed by atoms with Crippen molar-refractivity contribution >= 4 is 11.4 Å². The summed E-state index contributed by atoms with van der Waals surface area (Å²) in [5, 5.41) is 3.42. The fourth-order valence-electron chi connectivity index (χ4n) is 1.91. The topological polar surface area (TPSA) is 24.5 Å². The fraction of sp³-hybridized carbons (Fsp3) is 0.294. The van der Waals surface area contributed by atoms with Crippen molar-refractivity contribution in [2.24, 2.45) is 0 Å². The van der Waals surface area contributed by atoms with Crippen LogP contribution in [0.1, 0.15) is 6.42 Å². The molecule has 20 heavy (non-hydrogen) atoms. The van der Waals surface area contributed by atoms with Gasteiger partial charge in [-0.2, -0.15) is 0 Å². The molecule has 2 aromatic carbocycles. The molecule has 3 heteroatoms. The summed E-state index contributed by atoms with van der Waals surface area (Å²) in [6.45, 7) is 1.63. The van der Waals surface area contributed by atoms with Crippen molar-refractivity contribution in [3.63, 3.8) is 0 Å². The molecule has 2 aromatic rings. The lowest BCUT2D eigenvalue weighted by Gasteiger charge is -2.14. The highest BCUT2D eigenvalue weighted by Gasteiger charge is 1.97. The van der Waals surface area contributed by atoms with Crippen LogP contribution >= 0.6 is 0 Å². The molecular weight excluding hydrogens is 248 g/mol. The van der Waals surface area contributed by atoms with Crippen molar-refractivity contribution in [1.29, 1.82) is 0 Å². The van der Waals surface area contributed by atoms with Crippen molar-refractivity contribution in [3.05, 3.63) is 54.6 Å². The van der Waals surface area contributed by atoms with Gasteiger partial charge in [-0.15, -0.1) is 0 Å². The van der Waals surface area contributed by atoms with Gasteiger partial charge in [-0.1, -0.05) is 24.3 Å². The molecule has 3 nitrogen and oxygen atoms in total. The van der Waals surface area contributed by atoms with Crippen molar-refractivity contribution in [3.8, 4) is 5.75 Å². The third-order valence-electron chi connectivity index (χ3n) is 3.02. The molecule has 0 saturated carbocycles. The number of ether oxygens (including phenoxy) is 1. The molecule has 0 aliphatic heterocycles. The van der Waals surface area contributed by atoms with Crippen molar-refractivity contribution in [2.45, 2.75) is 6.42 Å². The Hall–Kier alpha value is -2.16. The molecule has 0 spiro atoms. The number of nitrogens with zero attached hydrogens (tertiary/aromatic N) is 1. The van der Waals surface area contributed by atoms with Crippen molar-refractivity contribution in [2.75, 3.05) is 37.5 Å².